The molecule has 0 radical (unpaired) electrons. The topological polar surface area (TPSA) is 35.5 Å². The molecular weight excluding hydrogens is 320 g/mol. The Bertz CT molecular complexity index is 650. The molecule has 2 aromatic rings. The largest absolute Gasteiger partial charge is 0.495 e. The summed E-state index contributed by atoms with van der Waals surface area (Å²) in [5.74, 6) is 1.03. The third kappa shape index (κ3) is 2.70. The summed E-state index contributed by atoms with van der Waals surface area (Å²) in [5.41, 5.74) is 2.19. The molecule has 3 nitrogen and oxygen atoms in total. The van der Waals surface area contributed by atoms with Gasteiger partial charge in [-0.2, -0.15) is 0 Å². The van der Waals surface area contributed by atoms with E-state index in [9.17, 15) is 4.79 Å². The van der Waals surface area contributed by atoms with Gasteiger partial charge < -0.3 is 9.47 Å². The number of aryl methyl sites for hydroxylation is 1. The molecule has 2 rings (SSSR count). The summed E-state index contributed by atoms with van der Waals surface area (Å²) >= 11 is 3.41. The highest BCUT2D eigenvalue weighted by molar-refractivity contribution is 9.10. The standard InChI is InChI=1S/C16H15BrO3/c1-10-5-4-6-11(9-10)15(18)12-7-8-13(19-2)14(17)16(12)20-3/h4-9H,1-3H3. The lowest BCUT2D eigenvalue weighted by atomic mass is 10.0. The summed E-state index contributed by atoms with van der Waals surface area (Å²) in [6, 6.07) is 10.9. The van der Waals surface area contributed by atoms with Crippen LogP contribution in [0.3, 0.4) is 0 Å². The van der Waals surface area contributed by atoms with Crippen LogP contribution in [0.5, 0.6) is 11.5 Å². The van der Waals surface area contributed by atoms with E-state index in [1.54, 1.807) is 25.3 Å². The minimum atomic E-state index is -0.0751. The van der Waals surface area contributed by atoms with Crippen LogP contribution in [-0.2, 0) is 0 Å². The Kier molecular flexibility index (Phi) is 4.45. The highest BCUT2D eigenvalue weighted by Crippen LogP contribution is 2.38. The van der Waals surface area contributed by atoms with E-state index in [2.05, 4.69) is 15.9 Å². The molecule has 4 heteroatoms. The number of benzene rings is 2. The molecule has 2 aromatic carbocycles. The van der Waals surface area contributed by atoms with E-state index in [1.165, 1.54) is 7.11 Å². The van der Waals surface area contributed by atoms with Gasteiger partial charge in [-0.1, -0.05) is 23.8 Å². The van der Waals surface area contributed by atoms with Gasteiger partial charge in [0.05, 0.1) is 19.8 Å². The molecule has 20 heavy (non-hydrogen) atoms. The smallest absolute Gasteiger partial charge is 0.196 e. The number of hydrogen-bond donors (Lipinski definition) is 0. The lowest BCUT2D eigenvalue weighted by Gasteiger charge is -2.12. The summed E-state index contributed by atoms with van der Waals surface area (Å²) in [7, 11) is 3.11. The lowest BCUT2D eigenvalue weighted by Crippen LogP contribution is -2.05. The van der Waals surface area contributed by atoms with Gasteiger partial charge in [0, 0.05) is 5.56 Å². The molecule has 0 saturated carbocycles. The molecule has 0 saturated heterocycles. The van der Waals surface area contributed by atoms with Crippen molar-refractivity contribution >= 4 is 21.7 Å². The van der Waals surface area contributed by atoms with Crippen LogP contribution in [0.2, 0.25) is 0 Å². The third-order valence-corrected chi connectivity index (χ3v) is 3.76. The minimum absolute atomic E-state index is 0.0751. The van der Waals surface area contributed by atoms with Gasteiger partial charge in [-0.3, -0.25) is 4.79 Å². The van der Waals surface area contributed by atoms with E-state index in [4.69, 9.17) is 9.47 Å². The van der Waals surface area contributed by atoms with Crippen LogP contribution in [0.4, 0.5) is 0 Å². The first kappa shape index (κ1) is 14.6. The average Bonchev–Trinajstić information content (AvgIpc) is 2.46. The maximum absolute atomic E-state index is 12.6. The van der Waals surface area contributed by atoms with Gasteiger partial charge in [-0.05, 0) is 41.1 Å². The van der Waals surface area contributed by atoms with Crippen molar-refractivity contribution in [1.82, 2.24) is 0 Å². The maximum atomic E-state index is 12.6. The third-order valence-electron chi connectivity index (χ3n) is 3.01. The Labute approximate surface area is 126 Å². The normalized spacial score (nSPS) is 10.2. The molecule has 0 aromatic heterocycles. The number of rotatable bonds is 4. The molecule has 0 spiro atoms. The Morgan fingerprint density at radius 3 is 2.45 bits per heavy atom. The molecule has 104 valence electrons. The summed E-state index contributed by atoms with van der Waals surface area (Å²) in [6.07, 6.45) is 0. The van der Waals surface area contributed by atoms with Gasteiger partial charge in [0.1, 0.15) is 16.0 Å². The fourth-order valence-electron chi connectivity index (χ4n) is 2.02. The van der Waals surface area contributed by atoms with Gasteiger partial charge in [0.15, 0.2) is 5.78 Å². The molecular formula is C16H15BrO3. The van der Waals surface area contributed by atoms with Crippen LogP contribution in [0, 0.1) is 6.92 Å². The molecule has 0 aliphatic rings. The number of ketones is 1. The molecule has 0 atom stereocenters. The Morgan fingerprint density at radius 2 is 1.85 bits per heavy atom. The molecule has 0 aliphatic heterocycles. The number of carbonyl (C=O) groups excluding carboxylic acids is 1. The average molecular weight is 335 g/mol. The summed E-state index contributed by atoms with van der Waals surface area (Å²) in [5, 5.41) is 0. The highest BCUT2D eigenvalue weighted by Gasteiger charge is 2.19. The minimum Gasteiger partial charge on any atom is -0.495 e. The van der Waals surface area contributed by atoms with Gasteiger partial charge in [-0.15, -0.1) is 0 Å². The van der Waals surface area contributed by atoms with Crippen LogP contribution >= 0.6 is 15.9 Å². The zero-order chi connectivity index (χ0) is 14.7. The second kappa shape index (κ2) is 6.09. The molecule has 0 fully saturated rings. The Balaban J connectivity index is 2.52. The van der Waals surface area contributed by atoms with E-state index >= 15 is 0 Å². The van der Waals surface area contributed by atoms with Crippen LogP contribution < -0.4 is 9.47 Å². The number of carbonyl (C=O) groups is 1. The molecule has 0 aliphatic carbocycles. The maximum Gasteiger partial charge on any atom is 0.196 e. The quantitative estimate of drug-likeness (QED) is 0.792. The van der Waals surface area contributed by atoms with E-state index in [-0.39, 0.29) is 5.78 Å². The predicted molar refractivity (Wildman–Crippen MR) is 81.9 cm³/mol. The van der Waals surface area contributed by atoms with E-state index < -0.39 is 0 Å². The van der Waals surface area contributed by atoms with E-state index in [1.807, 2.05) is 25.1 Å². The fourth-order valence-corrected chi connectivity index (χ4v) is 2.69. The molecule has 0 amide bonds. The summed E-state index contributed by atoms with van der Waals surface area (Å²) < 4.78 is 11.2. The van der Waals surface area contributed by atoms with Crippen molar-refractivity contribution < 1.29 is 14.3 Å². The van der Waals surface area contributed by atoms with Gasteiger partial charge in [0.25, 0.3) is 0 Å². The van der Waals surface area contributed by atoms with Crippen molar-refractivity contribution in [2.45, 2.75) is 6.92 Å². The SMILES string of the molecule is COc1ccc(C(=O)c2cccc(C)c2)c(OC)c1Br. The first-order chi connectivity index (χ1) is 9.58. The number of ether oxygens (including phenoxy) is 2. The van der Waals surface area contributed by atoms with Crippen molar-refractivity contribution in [1.29, 1.82) is 0 Å². The van der Waals surface area contributed by atoms with Crippen LogP contribution in [-0.4, -0.2) is 20.0 Å². The van der Waals surface area contributed by atoms with Gasteiger partial charge in [-0.25, -0.2) is 0 Å². The van der Waals surface area contributed by atoms with Crippen molar-refractivity contribution in [3.63, 3.8) is 0 Å². The van der Waals surface area contributed by atoms with Crippen molar-refractivity contribution in [2.75, 3.05) is 14.2 Å². The predicted octanol–water partition coefficient (Wildman–Crippen LogP) is 4.01. The fraction of sp³-hybridized carbons (Fsp3) is 0.188. The summed E-state index contributed by atoms with van der Waals surface area (Å²) in [4.78, 5) is 12.6. The summed E-state index contributed by atoms with van der Waals surface area (Å²) in [6.45, 7) is 1.96. The Hall–Kier alpha value is -1.81. The van der Waals surface area contributed by atoms with Crippen LogP contribution in [0.25, 0.3) is 0 Å². The number of hydrogen-bond acceptors (Lipinski definition) is 3. The number of halogens is 1. The molecule has 0 N–H and O–H groups in total. The first-order valence-electron chi connectivity index (χ1n) is 6.10. The van der Waals surface area contributed by atoms with Gasteiger partial charge >= 0.3 is 0 Å². The van der Waals surface area contributed by atoms with Crippen molar-refractivity contribution in [3.05, 3.63) is 57.6 Å². The molecule has 0 bridgehead atoms. The highest BCUT2D eigenvalue weighted by atomic mass is 79.9. The zero-order valence-corrected chi connectivity index (χ0v) is 13.2. The van der Waals surface area contributed by atoms with E-state index in [0.29, 0.717) is 27.1 Å². The van der Waals surface area contributed by atoms with Gasteiger partial charge in [0.2, 0.25) is 0 Å². The Morgan fingerprint density at radius 1 is 1.10 bits per heavy atom. The zero-order valence-electron chi connectivity index (χ0n) is 11.6. The van der Waals surface area contributed by atoms with Crippen molar-refractivity contribution in [2.24, 2.45) is 0 Å². The van der Waals surface area contributed by atoms with Crippen LogP contribution in [0.15, 0.2) is 40.9 Å². The lowest BCUT2D eigenvalue weighted by molar-refractivity contribution is 0.103. The molecule has 0 unspecified atom stereocenters. The molecule has 0 heterocycles. The first-order valence-corrected chi connectivity index (χ1v) is 6.89. The number of methoxy groups -OCH3 is 2. The van der Waals surface area contributed by atoms with Crippen LogP contribution in [0.1, 0.15) is 21.5 Å². The second-order valence-corrected chi connectivity index (χ2v) is 5.15. The van der Waals surface area contributed by atoms with Crippen molar-refractivity contribution in [3.8, 4) is 11.5 Å². The van der Waals surface area contributed by atoms with E-state index in [0.717, 1.165) is 5.56 Å². The monoisotopic (exact) mass is 334 g/mol. The second-order valence-electron chi connectivity index (χ2n) is 4.36.